The Labute approximate surface area is 104 Å². The van der Waals surface area contributed by atoms with Crippen molar-refractivity contribution in [1.82, 2.24) is 5.32 Å². The van der Waals surface area contributed by atoms with Gasteiger partial charge in [-0.25, -0.2) is 4.79 Å². The molecule has 0 rings (SSSR count). The maximum absolute atomic E-state index is 10.9. The minimum absolute atomic E-state index is 0. The van der Waals surface area contributed by atoms with Gasteiger partial charge in [0.05, 0.1) is 6.04 Å². The van der Waals surface area contributed by atoms with Crippen LogP contribution in [0.5, 0.6) is 0 Å². The molecule has 7 heteroatoms. The summed E-state index contributed by atoms with van der Waals surface area (Å²) in [6, 6.07) is -1.67. The van der Waals surface area contributed by atoms with Crippen LogP contribution >= 0.6 is 12.6 Å². The molecule has 4 N–H and O–H groups in total. The fraction of sp³-hybridized carbons (Fsp3) is 0.667. The number of carboxylic acid groups (broad SMARTS) is 1. The third-order valence-electron chi connectivity index (χ3n) is 1.21. The van der Waals surface area contributed by atoms with Crippen LogP contribution < -0.4 is 11.1 Å². The number of carbonyl (C=O) groups excluding carboxylic acids is 1. The van der Waals surface area contributed by atoms with Crippen LogP contribution in [0.1, 0.15) is 6.92 Å². The van der Waals surface area contributed by atoms with Crippen LogP contribution in [-0.2, 0) is 9.59 Å². The normalized spacial score (nSPS) is 13.8. The fourth-order valence-corrected chi connectivity index (χ4v) is 0.736. The Morgan fingerprint density at radius 3 is 2.31 bits per heavy atom. The van der Waals surface area contributed by atoms with Gasteiger partial charge in [0.2, 0.25) is 5.91 Å². The third-order valence-corrected chi connectivity index (χ3v) is 1.58. The van der Waals surface area contributed by atoms with Gasteiger partial charge in [0.25, 0.3) is 0 Å². The van der Waals surface area contributed by atoms with E-state index in [4.69, 9.17) is 10.8 Å². The minimum Gasteiger partial charge on any atom is -0.480 e. The second-order valence-electron chi connectivity index (χ2n) is 2.37. The second-order valence-corrected chi connectivity index (χ2v) is 2.74. The standard InChI is InChI=1S/C6H12N2O3S.Na/c1-3(7)5(9)8-4(2-12)6(10)11;/h3-4,12H,2,7H2,1H3,(H,8,9)(H,10,11);/t3-,4-;/m0./s1. The number of thiol groups is 1. The number of carboxylic acids is 1. The van der Waals surface area contributed by atoms with Gasteiger partial charge in [0, 0.05) is 35.3 Å². The van der Waals surface area contributed by atoms with E-state index in [0.717, 1.165) is 0 Å². The molecule has 0 aromatic rings. The first-order valence-corrected chi connectivity index (χ1v) is 4.02. The first-order chi connectivity index (χ1) is 5.49. The summed E-state index contributed by atoms with van der Waals surface area (Å²) in [4.78, 5) is 21.3. The van der Waals surface area contributed by atoms with E-state index >= 15 is 0 Å². The van der Waals surface area contributed by atoms with Crippen LogP contribution in [0.15, 0.2) is 0 Å². The largest absolute Gasteiger partial charge is 0.480 e. The molecule has 2 atom stereocenters. The van der Waals surface area contributed by atoms with Crippen molar-refractivity contribution < 1.29 is 14.7 Å². The number of nitrogens with two attached hydrogens (primary N) is 1. The topological polar surface area (TPSA) is 92.4 Å². The van der Waals surface area contributed by atoms with E-state index < -0.39 is 24.0 Å². The smallest absolute Gasteiger partial charge is 0.327 e. The minimum atomic E-state index is -1.11. The summed E-state index contributed by atoms with van der Waals surface area (Å²) in [5.41, 5.74) is 5.21. The van der Waals surface area contributed by atoms with Gasteiger partial charge in [0.1, 0.15) is 6.04 Å². The summed E-state index contributed by atoms with van der Waals surface area (Å²) in [6.45, 7) is 1.48. The predicted molar refractivity (Wildman–Crippen MR) is 52.8 cm³/mol. The van der Waals surface area contributed by atoms with Crippen LogP contribution in [0, 0.1) is 0 Å². The summed E-state index contributed by atoms with van der Waals surface area (Å²) >= 11 is 3.76. The van der Waals surface area contributed by atoms with E-state index in [2.05, 4.69) is 17.9 Å². The molecule has 0 aliphatic heterocycles. The van der Waals surface area contributed by atoms with Crippen LogP contribution in [0.4, 0.5) is 0 Å². The van der Waals surface area contributed by atoms with E-state index in [9.17, 15) is 9.59 Å². The van der Waals surface area contributed by atoms with E-state index in [0.29, 0.717) is 0 Å². The zero-order valence-electron chi connectivity index (χ0n) is 7.65. The zero-order chi connectivity index (χ0) is 9.72. The third kappa shape index (κ3) is 6.34. The Morgan fingerprint density at radius 1 is 1.62 bits per heavy atom. The number of hydrogen-bond donors (Lipinski definition) is 4. The van der Waals surface area contributed by atoms with Crippen molar-refractivity contribution in [3.63, 3.8) is 0 Å². The second kappa shape index (κ2) is 7.64. The summed E-state index contributed by atoms with van der Waals surface area (Å²) < 4.78 is 0. The molecular formula is C6H12N2NaO3S. The molecule has 0 saturated heterocycles. The van der Waals surface area contributed by atoms with Crippen molar-refractivity contribution in [1.29, 1.82) is 0 Å². The van der Waals surface area contributed by atoms with E-state index in [-0.39, 0.29) is 35.3 Å². The van der Waals surface area contributed by atoms with Crippen molar-refractivity contribution in [3.05, 3.63) is 0 Å². The Kier molecular flexibility index (Phi) is 9.23. The number of nitrogens with one attached hydrogen (secondary N) is 1. The Balaban J connectivity index is 0. The molecule has 0 aromatic heterocycles. The van der Waals surface area contributed by atoms with Gasteiger partial charge in [-0.15, -0.1) is 0 Å². The molecule has 71 valence electrons. The predicted octanol–water partition coefficient (Wildman–Crippen LogP) is -1.55. The van der Waals surface area contributed by atoms with Crippen molar-refractivity contribution in [3.8, 4) is 0 Å². The van der Waals surface area contributed by atoms with Crippen molar-refractivity contribution in [2.45, 2.75) is 19.0 Å². The number of amides is 1. The average molecular weight is 215 g/mol. The molecule has 0 aliphatic carbocycles. The van der Waals surface area contributed by atoms with E-state index in [1.54, 1.807) is 0 Å². The van der Waals surface area contributed by atoms with Crippen LogP contribution in [-0.4, -0.2) is 64.4 Å². The Morgan fingerprint density at radius 2 is 2.08 bits per heavy atom. The number of carbonyl (C=O) groups is 2. The maximum atomic E-state index is 10.9. The van der Waals surface area contributed by atoms with Crippen molar-refractivity contribution >= 4 is 54.1 Å². The Hall–Kier alpha value is 0.250. The van der Waals surface area contributed by atoms with E-state index in [1.807, 2.05) is 0 Å². The van der Waals surface area contributed by atoms with Gasteiger partial charge in [-0.1, -0.05) is 0 Å². The zero-order valence-corrected chi connectivity index (χ0v) is 10.5. The molecule has 1 radical (unpaired) electrons. The molecular weight excluding hydrogens is 203 g/mol. The van der Waals surface area contributed by atoms with Gasteiger partial charge in [0.15, 0.2) is 0 Å². The molecule has 5 nitrogen and oxygen atoms in total. The first-order valence-electron chi connectivity index (χ1n) is 3.38. The molecule has 0 heterocycles. The molecule has 0 aliphatic rings. The molecule has 0 unspecified atom stereocenters. The van der Waals surface area contributed by atoms with Crippen molar-refractivity contribution in [2.24, 2.45) is 5.73 Å². The first kappa shape index (κ1) is 15.7. The number of rotatable bonds is 4. The number of aliphatic carboxylic acids is 1. The van der Waals surface area contributed by atoms with Crippen molar-refractivity contribution in [2.75, 3.05) is 5.75 Å². The summed E-state index contributed by atoms with van der Waals surface area (Å²) in [5.74, 6) is -1.55. The van der Waals surface area contributed by atoms with Crippen LogP contribution in [0.25, 0.3) is 0 Å². The summed E-state index contributed by atoms with van der Waals surface area (Å²) in [6.07, 6.45) is 0. The Bertz CT molecular complexity index is 189. The van der Waals surface area contributed by atoms with Crippen LogP contribution in [0.3, 0.4) is 0 Å². The van der Waals surface area contributed by atoms with Gasteiger partial charge < -0.3 is 16.2 Å². The van der Waals surface area contributed by atoms with Gasteiger partial charge in [-0.05, 0) is 6.92 Å². The summed E-state index contributed by atoms with van der Waals surface area (Å²) in [7, 11) is 0. The number of hydrogen-bond acceptors (Lipinski definition) is 4. The molecule has 13 heavy (non-hydrogen) atoms. The molecule has 0 saturated carbocycles. The average Bonchev–Trinajstić information content (AvgIpc) is 1.98. The molecule has 0 bridgehead atoms. The van der Waals surface area contributed by atoms with Gasteiger partial charge in [-0.3, -0.25) is 4.79 Å². The SMILES string of the molecule is C[C@H](N)C(=O)N[C@@H](CS)C(=O)O.[Na]. The quantitative estimate of drug-likeness (QED) is 0.337. The monoisotopic (exact) mass is 215 g/mol. The molecule has 1 amide bonds. The summed E-state index contributed by atoms with van der Waals surface area (Å²) in [5, 5.41) is 10.7. The van der Waals surface area contributed by atoms with Gasteiger partial charge in [-0.2, -0.15) is 12.6 Å². The maximum Gasteiger partial charge on any atom is 0.327 e. The van der Waals surface area contributed by atoms with Crippen LogP contribution in [0.2, 0.25) is 0 Å². The molecule has 0 spiro atoms. The molecule has 0 fully saturated rings. The fourth-order valence-electron chi connectivity index (χ4n) is 0.489. The van der Waals surface area contributed by atoms with Gasteiger partial charge >= 0.3 is 5.97 Å². The molecule has 0 aromatic carbocycles. The van der Waals surface area contributed by atoms with E-state index in [1.165, 1.54) is 6.92 Å².